The van der Waals surface area contributed by atoms with Gasteiger partial charge in [-0.25, -0.2) is 8.42 Å². The normalized spacial score (nSPS) is 11.8. The molecule has 25 heavy (non-hydrogen) atoms. The summed E-state index contributed by atoms with van der Waals surface area (Å²) in [5.74, 6) is 0.443. The number of rotatable bonds is 5. The molecule has 0 N–H and O–H groups in total. The molecule has 0 radical (unpaired) electrons. The Labute approximate surface area is 147 Å². The molecule has 128 valence electrons. The second kappa shape index (κ2) is 6.94. The fourth-order valence-electron chi connectivity index (χ4n) is 2.29. The summed E-state index contributed by atoms with van der Waals surface area (Å²) in [7, 11) is -0.322. The second-order valence-corrected chi connectivity index (χ2v) is 7.48. The Bertz CT molecular complexity index is 976. The lowest BCUT2D eigenvalue weighted by Gasteiger charge is -2.09. The zero-order valence-corrected chi connectivity index (χ0v) is 14.8. The Balaban J connectivity index is 2.03. The SMILES string of the molecule is CN(C)c1oc(/C=C/c2ccccc2)nc1S(=O)(=O)c1ccccc1. The summed E-state index contributed by atoms with van der Waals surface area (Å²) in [4.78, 5) is 6.00. The molecule has 1 heterocycles. The fourth-order valence-corrected chi connectivity index (χ4v) is 3.69. The number of nitrogens with zero attached hydrogens (tertiary/aromatic N) is 2. The van der Waals surface area contributed by atoms with Gasteiger partial charge in [0, 0.05) is 20.2 Å². The second-order valence-electron chi connectivity index (χ2n) is 5.62. The van der Waals surface area contributed by atoms with Gasteiger partial charge in [-0.1, -0.05) is 48.5 Å². The molecule has 0 spiro atoms. The van der Waals surface area contributed by atoms with Gasteiger partial charge in [0.25, 0.3) is 0 Å². The minimum Gasteiger partial charge on any atom is -0.420 e. The van der Waals surface area contributed by atoms with E-state index in [1.807, 2.05) is 36.4 Å². The van der Waals surface area contributed by atoms with E-state index in [1.54, 1.807) is 55.4 Å². The minimum atomic E-state index is -3.76. The number of sulfone groups is 1. The zero-order valence-electron chi connectivity index (χ0n) is 14.0. The van der Waals surface area contributed by atoms with Gasteiger partial charge in [-0.05, 0) is 23.8 Å². The van der Waals surface area contributed by atoms with E-state index >= 15 is 0 Å². The minimum absolute atomic E-state index is 0.0867. The lowest BCUT2D eigenvalue weighted by molar-refractivity contribution is 0.542. The highest BCUT2D eigenvalue weighted by Crippen LogP contribution is 2.30. The largest absolute Gasteiger partial charge is 0.420 e. The van der Waals surface area contributed by atoms with Crippen molar-refractivity contribution in [1.82, 2.24) is 4.98 Å². The van der Waals surface area contributed by atoms with Crippen LogP contribution in [0.3, 0.4) is 0 Å². The van der Waals surface area contributed by atoms with Gasteiger partial charge in [-0.2, -0.15) is 4.98 Å². The maximum atomic E-state index is 12.9. The highest BCUT2D eigenvalue weighted by Gasteiger charge is 2.28. The molecule has 0 bridgehead atoms. The Hall–Kier alpha value is -2.86. The van der Waals surface area contributed by atoms with E-state index in [-0.39, 0.29) is 21.7 Å². The van der Waals surface area contributed by atoms with Crippen molar-refractivity contribution in [2.24, 2.45) is 0 Å². The summed E-state index contributed by atoms with van der Waals surface area (Å²) in [6.45, 7) is 0. The standard InChI is InChI=1S/C19H18N2O3S/c1-21(2)19-18(25(22,23)16-11-7-4-8-12-16)20-17(24-19)14-13-15-9-5-3-6-10-15/h3-14H,1-2H3/b14-13+. The molecule has 3 aromatic rings. The average molecular weight is 354 g/mol. The van der Waals surface area contributed by atoms with Crippen molar-refractivity contribution in [1.29, 1.82) is 0 Å². The van der Waals surface area contributed by atoms with Gasteiger partial charge in [-0.3, -0.25) is 0 Å². The Morgan fingerprint density at radius 3 is 2.12 bits per heavy atom. The maximum absolute atomic E-state index is 12.9. The number of oxazole rings is 1. The first kappa shape index (κ1) is 17.0. The lowest BCUT2D eigenvalue weighted by atomic mass is 10.2. The quantitative estimate of drug-likeness (QED) is 0.698. The Morgan fingerprint density at radius 2 is 1.52 bits per heavy atom. The van der Waals surface area contributed by atoms with Gasteiger partial charge < -0.3 is 9.32 Å². The summed E-state index contributed by atoms with van der Waals surface area (Å²) in [5.41, 5.74) is 0.972. The fraction of sp³-hybridized carbons (Fsp3) is 0.105. The van der Waals surface area contributed by atoms with Crippen molar-refractivity contribution in [3.05, 3.63) is 72.1 Å². The molecule has 0 amide bonds. The molecule has 0 atom stereocenters. The molecule has 0 unspecified atom stereocenters. The molecule has 0 aliphatic rings. The van der Waals surface area contributed by atoms with E-state index < -0.39 is 9.84 Å². The van der Waals surface area contributed by atoms with E-state index in [4.69, 9.17) is 4.42 Å². The third-order valence-electron chi connectivity index (χ3n) is 3.53. The van der Waals surface area contributed by atoms with Crippen LogP contribution in [0.1, 0.15) is 11.5 Å². The summed E-state index contributed by atoms with van der Waals surface area (Å²) in [6.07, 6.45) is 3.48. The van der Waals surface area contributed by atoms with Crippen LogP contribution in [-0.2, 0) is 9.84 Å². The van der Waals surface area contributed by atoms with Crippen LogP contribution in [-0.4, -0.2) is 27.5 Å². The molecule has 0 aliphatic carbocycles. The molecule has 0 saturated heterocycles. The predicted molar refractivity (Wildman–Crippen MR) is 98.1 cm³/mol. The first-order chi connectivity index (χ1) is 12.0. The van der Waals surface area contributed by atoms with Crippen molar-refractivity contribution in [3.63, 3.8) is 0 Å². The molecule has 2 aromatic carbocycles. The molecule has 6 heteroatoms. The summed E-state index contributed by atoms with van der Waals surface area (Å²) < 4.78 is 31.4. The van der Waals surface area contributed by atoms with Gasteiger partial charge in [-0.15, -0.1) is 0 Å². The van der Waals surface area contributed by atoms with Crippen LogP contribution in [0.5, 0.6) is 0 Å². The van der Waals surface area contributed by atoms with Gasteiger partial charge in [0.05, 0.1) is 4.90 Å². The van der Waals surface area contributed by atoms with Crippen molar-refractivity contribution in [2.45, 2.75) is 9.92 Å². The van der Waals surface area contributed by atoms with Gasteiger partial charge in [0.2, 0.25) is 26.6 Å². The van der Waals surface area contributed by atoms with E-state index in [0.717, 1.165) is 5.56 Å². The molecule has 0 saturated carbocycles. The summed E-state index contributed by atoms with van der Waals surface area (Å²) in [6, 6.07) is 17.9. The van der Waals surface area contributed by atoms with Crippen LogP contribution in [0.15, 0.2) is 75.0 Å². The highest BCUT2D eigenvalue weighted by atomic mass is 32.2. The van der Waals surface area contributed by atoms with Crippen LogP contribution >= 0.6 is 0 Å². The number of benzene rings is 2. The van der Waals surface area contributed by atoms with E-state index in [1.165, 1.54) is 0 Å². The smallest absolute Gasteiger partial charge is 0.235 e. The first-order valence-electron chi connectivity index (χ1n) is 7.70. The molecular formula is C19H18N2O3S. The Morgan fingerprint density at radius 1 is 0.920 bits per heavy atom. The van der Waals surface area contributed by atoms with E-state index in [9.17, 15) is 8.42 Å². The Kier molecular flexibility index (Phi) is 4.72. The third kappa shape index (κ3) is 3.64. The van der Waals surface area contributed by atoms with Crippen molar-refractivity contribution < 1.29 is 12.8 Å². The third-order valence-corrected chi connectivity index (χ3v) is 5.20. The summed E-state index contributed by atoms with van der Waals surface area (Å²) in [5, 5.41) is -0.0867. The van der Waals surface area contributed by atoms with Crippen LogP contribution in [0, 0.1) is 0 Å². The molecule has 0 aliphatic heterocycles. The zero-order chi connectivity index (χ0) is 17.9. The van der Waals surface area contributed by atoms with Crippen molar-refractivity contribution in [3.8, 4) is 0 Å². The van der Waals surface area contributed by atoms with Crippen molar-refractivity contribution in [2.75, 3.05) is 19.0 Å². The highest BCUT2D eigenvalue weighted by molar-refractivity contribution is 7.91. The number of anilines is 1. The molecule has 5 nitrogen and oxygen atoms in total. The van der Waals surface area contributed by atoms with Gasteiger partial charge >= 0.3 is 0 Å². The van der Waals surface area contributed by atoms with Gasteiger partial charge in [0.15, 0.2) is 0 Å². The lowest BCUT2D eigenvalue weighted by Crippen LogP contribution is -2.13. The number of hydrogen-bond donors (Lipinski definition) is 0. The molecular weight excluding hydrogens is 336 g/mol. The topological polar surface area (TPSA) is 63.4 Å². The van der Waals surface area contributed by atoms with E-state index in [0.29, 0.717) is 0 Å². The monoisotopic (exact) mass is 354 g/mol. The van der Waals surface area contributed by atoms with Crippen LogP contribution in [0.4, 0.5) is 5.88 Å². The van der Waals surface area contributed by atoms with Crippen LogP contribution in [0.25, 0.3) is 12.2 Å². The molecule has 0 fully saturated rings. The maximum Gasteiger partial charge on any atom is 0.235 e. The first-order valence-corrected chi connectivity index (χ1v) is 9.18. The molecule has 1 aromatic heterocycles. The molecule has 3 rings (SSSR count). The van der Waals surface area contributed by atoms with E-state index in [2.05, 4.69) is 4.98 Å². The van der Waals surface area contributed by atoms with Crippen LogP contribution in [0.2, 0.25) is 0 Å². The van der Waals surface area contributed by atoms with Crippen LogP contribution < -0.4 is 4.90 Å². The number of aromatic nitrogens is 1. The average Bonchev–Trinajstić information content (AvgIpc) is 3.07. The van der Waals surface area contributed by atoms with Crippen molar-refractivity contribution >= 4 is 27.9 Å². The van der Waals surface area contributed by atoms with Gasteiger partial charge in [0.1, 0.15) is 0 Å². The summed E-state index contributed by atoms with van der Waals surface area (Å²) >= 11 is 0. The number of hydrogen-bond acceptors (Lipinski definition) is 5. The predicted octanol–water partition coefficient (Wildman–Crippen LogP) is 3.74.